The van der Waals surface area contributed by atoms with Gasteiger partial charge in [-0.15, -0.1) is 0 Å². The van der Waals surface area contributed by atoms with E-state index in [4.69, 9.17) is 4.74 Å². The maximum absolute atomic E-state index is 5.95. The smallest absolute Gasteiger partial charge is 0.0833 e. The van der Waals surface area contributed by atoms with Crippen molar-refractivity contribution in [3.05, 3.63) is 0 Å². The van der Waals surface area contributed by atoms with E-state index in [1.165, 1.54) is 51.4 Å². The van der Waals surface area contributed by atoms with Crippen molar-refractivity contribution in [2.45, 2.75) is 69.9 Å². The van der Waals surface area contributed by atoms with E-state index < -0.39 is 0 Å². The van der Waals surface area contributed by atoms with Crippen LogP contribution in [0.15, 0.2) is 0 Å². The van der Waals surface area contributed by atoms with E-state index in [1.807, 2.05) is 7.11 Å². The molecular formula is C14H27NO. The first kappa shape index (κ1) is 12.4. The summed E-state index contributed by atoms with van der Waals surface area (Å²) in [7, 11) is 1.92. The number of ether oxygens (including phenoxy) is 1. The summed E-state index contributed by atoms with van der Waals surface area (Å²) in [4.78, 5) is 0. The van der Waals surface area contributed by atoms with E-state index in [0.29, 0.717) is 6.04 Å². The van der Waals surface area contributed by atoms with Gasteiger partial charge in [-0.1, -0.05) is 26.2 Å². The fourth-order valence-corrected chi connectivity index (χ4v) is 3.47. The fourth-order valence-electron chi connectivity index (χ4n) is 3.47. The molecule has 16 heavy (non-hydrogen) atoms. The van der Waals surface area contributed by atoms with Gasteiger partial charge in [-0.3, -0.25) is 0 Å². The average molecular weight is 225 g/mol. The topological polar surface area (TPSA) is 21.3 Å². The molecule has 2 heteroatoms. The molecule has 0 aromatic carbocycles. The largest absolute Gasteiger partial charge is 0.377 e. The summed E-state index contributed by atoms with van der Waals surface area (Å²) < 4.78 is 5.95. The van der Waals surface area contributed by atoms with Crippen molar-refractivity contribution in [3.63, 3.8) is 0 Å². The average Bonchev–Trinajstić information content (AvgIpc) is 2.71. The van der Waals surface area contributed by atoms with E-state index in [0.717, 1.165) is 12.5 Å². The van der Waals surface area contributed by atoms with E-state index in [1.54, 1.807) is 0 Å². The number of nitrogens with one attached hydrogen (secondary N) is 1. The van der Waals surface area contributed by atoms with E-state index >= 15 is 0 Å². The lowest BCUT2D eigenvalue weighted by Gasteiger charge is -2.45. The number of hydrogen-bond acceptors (Lipinski definition) is 2. The zero-order chi connectivity index (χ0) is 11.4. The van der Waals surface area contributed by atoms with Gasteiger partial charge in [0, 0.05) is 13.2 Å². The van der Waals surface area contributed by atoms with Crippen molar-refractivity contribution < 1.29 is 4.74 Å². The van der Waals surface area contributed by atoms with Gasteiger partial charge in [-0.25, -0.2) is 0 Å². The van der Waals surface area contributed by atoms with Crippen LogP contribution in [0.4, 0.5) is 0 Å². The standard InChI is InChI=1S/C14H27NO/c1-3-11-15-13(12-7-6-8-12)14(16-2)9-4-5-10-14/h12-13,15H,3-11H2,1-2H3. The first-order chi connectivity index (χ1) is 7.82. The van der Waals surface area contributed by atoms with Gasteiger partial charge in [0.1, 0.15) is 0 Å². The molecule has 2 fully saturated rings. The van der Waals surface area contributed by atoms with Crippen LogP contribution in [-0.4, -0.2) is 25.3 Å². The monoisotopic (exact) mass is 225 g/mol. The van der Waals surface area contributed by atoms with Crippen LogP contribution < -0.4 is 5.32 Å². The highest BCUT2D eigenvalue weighted by molar-refractivity contribution is 5.01. The minimum Gasteiger partial charge on any atom is -0.377 e. The molecule has 1 atom stereocenters. The van der Waals surface area contributed by atoms with Gasteiger partial charge >= 0.3 is 0 Å². The number of hydrogen-bond donors (Lipinski definition) is 1. The van der Waals surface area contributed by atoms with Gasteiger partial charge < -0.3 is 10.1 Å². The lowest BCUT2D eigenvalue weighted by atomic mass is 9.72. The summed E-state index contributed by atoms with van der Waals surface area (Å²) >= 11 is 0. The molecule has 0 heterocycles. The summed E-state index contributed by atoms with van der Waals surface area (Å²) in [6.45, 7) is 3.39. The van der Waals surface area contributed by atoms with Crippen LogP contribution in [0.25, 0.3) is 0 Å². The van der Waals surface area contributed by atoms with Gasteiger partial charge in [-0.05, 0) is 44.6 Å². The molecule has 0 amide bonds. The second-order valence-corrected chi connectivity index (χ2v) is 5.60. The number of methoxy groups -OCH3 is 1. The maximum atomic E-state index is 5.95. The molecule has 0 radical (unpaired) electrons. The Balaban J connectivity index is 2.02. The summed E-state index contributed by atoms with van der Waals surface area (Å²) in [5, 5.41) is 3.78. The van der Waals surface area contributed by atoms with E-state index in [2.05, 4.69) is 12.2 Å². The SMILES string of the molecule is CCCNC(C1CCC1)C1(OC)CCCC1. The molecule has 1 unspecified atom stereocenters. The summed E-state index contributed by atoms with van der Waals surface area (Å²) in [6, 6.07) is 0.619. The van der Waals surface area contributed by atoms with Crippen LogP contribution in [0.1, 0.15) is 58.3 Å². The molecule has 94 valence electrons. The first-order valence-corrected chi connectivity index (χ1v) is 7.11. The van der Waals surface area contributed by atoms with Crippen molar-refractivity contribution in [1.29, 1.82) is 0 Å². The van der Waals surface area contributed by atoms with Crippen molar-refractivity contribution in [1.82, 2.24) is 5.32 Å². The predicted octanol–water partition coefficient (Wildman–Crippen LogP) is 3.11. The molecule has 2 saturated carbocycles. The van der Waals surface area contributed by atoms with Gasteiger partial charge in [0.2, 0.25) is 0 Å². The lowest BCUT2D eigenvalue weighted by Crippen LogP contribution is -2.56. The molecule has 0 saturated heterocycles. The Morgan fingerprint density at radius 1 is 1.25 bits per heavy atom. The van der Waals surface area contributed by atoms with Crippen LogP contribution in [-0.2, 0) is 4.74 Å². The predicted molar refractivity (Wildman–Crippen MR) is 67.6 cm³/mol. The normalized spacial score (nSPS) is 26.6. The Morgan fingerprint density at radius 2 is 1.94 bits per heavy atom. The van der Waals surface area contributed by atoms with Gasteiger partial charge in [-0.2, -0.15) is 0 Å². The third-order valence-corrected chi connectivity index (χ3v) is 4.66. The molecule has 0 aromatic rings. The molecule has 2 aliphatic rings. The highest BCUT2D eigenvalue weighted by atomic mass is 16.5. The second kappa shape index (κ2) is 5.50. The molecule has 0 aromatic heterocycles. The van der Waals surface area contributed by atoms with Crippen LogP contribution in [0.2, 0.25) is 0 Å². The highest BCUT2D eigenvalue weighted by Gasteiger charge is 2.46. The van der Waals surface area contributed by atoms with Crippen molar-refractivity contribution in [2.24, 2.45) is 5.92 Å². The Morgan fingerprint density at radius 3 is 2.38 bits per heavy atom. The lowest BCUT2D eigenvalue weighted by molar-refractivity contribution is -0.0623. The zero-order valence-corrected chi connectivity index (χ0v) is 10.9. The molecule has 0 spiro atoms. The molecule has 0 aliphatic heterocycles. The minimum absolute atomic E-state index is 0.167. The van der Waals surface area contributed by atoms with Crippen molar-refractivity contribution >= 4 is 0 Å². The quantitative estimate of drug-likeness (QED) is 0.750. The van der Waals surface area contributed by atoms with Gasteiger partial charge in [0.05, 0.1) is 5.60 Å². The Bertz CT molecular complexity index is 207. The highest BCUT2D eigenvalue weighted by Crippen LogP contribution is 2.43. The third-order valence-electron chi connectivity index (χ3n) is 4.66. The Kier molecular flexibility index (Phi) is 4.26. The van der Waals surface area contributed by atoms with Gasteiger partial charge in [0.25, 0.3) is 0 Å². The maximum Gasteiger partial charge on any atom is 0.0833 e. The number of rotatable bonds is 6. The third kappa shape index (κ3) is 2.28. The molecule has 0 bridgehead atoms. The summed E-state index contributed by atoms with van der Waals surface area (Å²) in [6.07, 6.45) is 10.7. The van der Waals surface area contributed by atoms with E-state index in [9.17, 15) is 0 Å². The fraction of sp³-hybridized carbons (Fsp3) is 1.00. The second-order valence-electron chi connectivity index (χ2n) is 5.60. The summed E-state index contributed by atoms with van der Waals surface area (Å²) in [5.41, 5.74) is 0.167. The van der Waals surface area contributed by atoms with Crippen LogP contribution in [0.3, 0.4) is 0 Å². The first-order valence-electron chi connectivity index (χ1n) is 7.11. The Hall–Kier alpha value is -0.0800. The zero-order valence-electron chi connectivity index (χ0n) is 10.9. The van der Waals surface area contributed by atoms with Gasteiger partial charge in [0.15, 0.2) is 0 Å². The Labute approximate surface area is 100 Å². The van der Waals surface area contributed by atoms with Crippen molar-refractivity contribution in [2.75, 3.05) is 13.7 Å². The van der Waals surface area contributed by atoms with Crippen LogP contribution >= 0.6 is 0 Å². The van der Waals surface area contributed by atoms with Crippen LogP contribution in [0.5, 0.6) is 0 Å². The van der Waals surface area contributed by atoms with Crippen molar-refractivity contribution in [3.8, 4) is 0 Å². The molecule has 2 nitrogen and oxygen atoms in total. The minimum atomic E-state index is 0.167. The molecule has 1 N–H and O–H groups in total. The summed E-state index contributed by atoms with van der Waals surface area (Å²) in [5.74, 6) is 0.879. The van der Waals surface area contributed by atoms with Crippen LogP contribution in [0, 0.1) is 5.92 Å². The molecular weight excluding hydrogens is 198 g/mol. The molecule has 2 aliphatic carbocycles. The molecule has 2 rings (SSSR count). The van der Waals surface area contributed by atoms with E-state index in [-0.39, 0.29) is 5.60 Å².